The fourth-order valence-corrected chi connectivity index (χ4v) is 2.09. The van der Waals surface area contributed by atoms with Crippen LogP contribution in [0.1, 0.15) is 12.5 Å². The van der Waals surface area contributed by atoms with E-state index in [1.165, 1.54) is 11.3 Å². The van der Waals surface area contributed by atoms with Crippen LogP contribution in [0, 0.1) is 17.2 Å². The number of hydrogen-bond acceptors (Lipinski definition) is 3. The fraction of sp³-hybridized carbons (Fsp3) is 0.462. The van der Waals surface area contributed by atoms with Crippen LogP contribution in [-0.2, 0) is 6.54 Å². The summed E-state index contributed by atoms with van der Waals surface area (Å²) in [6.07, 6.45) is 0. The third kappa shape index (κ3) is 2.34. The number of nitriles is 1. The summed E-state index contributed by atoms with van der Waals surface area (Å²) in [5.41, 5.74) is 2.60. The zero-order valence-corrected chi connectivity index (χ0v) is 9.61. The Labute approximate surface area is 96.7 Å². The van der Waals surface area contributed by atoms with Crippen LogP contribution in [0.25, 0.3) is 0 Å². The molecule has 2 rings (SSSR count). The molecular weight excluding hydrogens is 198 g/mol. The molecule has 0 saturated carbocycles. The summed E-state index contributed by atoms with van der Waals surface area (Å²) in [5, 5.41) is 12.3. The standard InChI is InChI=1S/C13H17N3/c1-11(8-14)10-16-7-6-15-9-12-4-2-3-5-13(12)16/h2-5,11,15H,6-7,9-10H2,1H3. The Bertz CT molecular complexity index is 394. The van der Waals surface area contributed by atoms with Crippen LogP contribution < -0.4 is 10.2 Å². The van der Waals surface area contributed by atoms with Crippen molar-refractivity contribution >= 4 is 5.69 Å². The van der Waals surface area contributed by atoms with Crippen molar-refractivity contribution in [1.82, 2.24) is 5.32 Å². The van der Waals surface area contributed by atoms with E-state index in [1.54, 1.807) is 0 Å². The van der Waals surface area contributed by atoms with E-state index in [-0.39, 0.29) is 5.92 Å². The predicted octanol–water partition coefficient (Wildman–Crippen LogP) is 1.76. The molecular formula is C13H17N3. The predicted molar refractivity (Wildman–Crippen MR) is 65.1 cm³/mol. The Morgan fingerprint density at radius 1 is 1.50 bits per heavy atom. The van der Waals surface area contributed by atoms with Gasteiger partial charge in [0.05, 0.1) is 12.0 Å². The molecule has 0 aromatic heterocycles. The largest absolute Gasteiger partial charge is 0.369 e. The normalized spacial score (nSPS) is 17.1. The first-order chi connectivity index (χ1) is 7.81. The molecule has 1 aromatic rings. The molecule has 0 bridgehead atoms. The van der Waals surface area contributed by atoms with Crippen molar-refractivity contribution in [3.8, 4) is 6.07 Å². The Balaban J connectivity index is 2.23. The molecule has 1 aromatic carbocycles. The highest BCUT2D eigenvalue weighted by molar-refractivity contribution is 5.54. The monoisotopic (exact) mass is 215 g/mol. The van der Waals surface area contributed by atoms with Crippen molar-refractivity contribution in [2.45, 2.75) is 13.5 Å². The second kappa shape index (κ2) is 5.00. The molecule has 3 heteroatoms. The van der Waals surface area contributed by atoms with Gasteiger partial charge >= 0.3 is 0 Å². The van der Waals surface area contributed by atoms with Gasteiger partial charge in [-0.2, -0.15) is 5.26 Å². The molecule has 0 spiro atoms. The van der Waals surface area contributed by atoms with Crippen molar-refractivity contribution in [3.05, 3.63) is 29.8 Å². The van der Waals surface area contributed by atoms with Crippen molar-refractivity contribution < 1.29 is 0 Å². The first-order valence-electron chi connectivity index (χ1n) is 5.74. The average molecular weight is 215 g/mol. The number of nitrogens with one attached hydrogen (secondary N) is 1. The van der Waals surface area contributed by atoms with E-state index in [0.717, 1.165) is 26.2 Å². The molecule has 3 nitrogen and oxygen atoms in total. The molecule has 1 atom stereocenters. The van der Waals surface area contributed by atoms with E-state index in [0.29, 0.717) is 0 Å². The molecule has 0 amide bonds. The molecule has 1 aliphatic heterocycles. The smallest absolute Gasteiger partial charge is 0.0671 e. The number of para-hydroxylation sites is 1. The summed E-state index contributed by atoms with van der Waals surface area (Å²) < 4.78 is 0. The van der Waals surface area contributed by atoms with Crippen molar-refractivity contribution in [3.63, 3.8) is 0 Å². The number of hydrogen-bond donors (Lipinski definition) is 1. The van der Waals surface area contributed by atoms with Crippen molar-refractivity contribution in [2.24, 2.45) is 5.92 Å². The van der Waals surface area contributed by atoms with Gasteiger partial charge in [-0.3, -0.25) is 0 Å². The first-order valence-corrected chi connectivity index (χ1v) is 5.74. The van der Waals surface area contributed by atoms with E-state index >= 15 is 0 Å². The van der Waals surface area contributed by atoms with Gasteiger partial charge in [0.15, 0.2) is 0 Å². The Morgan fingerprint density at radius 3 is 3.12 bits per heavy atom. The highest BCUT2D eigenvalue weighted by Gasteiger charge is 2.16. The summed E-state index contributed by atoms with van der Waals surface area (Å²) in [4.78, 5) is 2.31. The van der Waals surface area contributed by atoms with E-state index < -0.39 is 0 Å². The van der Waals surface area contributed by atoms with Crippen LogP contribution in [0.2, 0.25) is 0 Å². The van der Waals surface area contributed by atoms with Gasteiger partial charge in [-0.15, -0.1) is 0 Å². The lowest BCUT2D eigenvalue weighted by Crippen LogP contribution is -2.32. The highest BCUT2D eigenvalue weighted by atomic mass is 15.2. The molecule has 0 aliphatic carbocycles. The molecule has 84 valence electrons. The fourth-order valence-electron chi connectivity index (χ4n) is 2.09. The van der Waals surface area contributed by atoms with Crippen molar-refractivity contribution in [1.29, 1.82) is 5.26 Å². The van der Waals surface area contributed by atoms with E-state index in [1.807, 2.05) is 6.92 Å². The van der Waals surface area contributed by atoms with Gasteiger partial charge in [0.2, 0.25) is 0 Å². The van der Waals surface area contributed by atoms with Gasteiger partial charge < -0.3 is 10.2 Å². The maximum atomic E-state index is 8.89. The zero-order chi connectivity index (χ0) is 11.4. The lowest BCUT2D eigenvalue weighted by Gasteiger charge is -2.25. The summed E-state index contributed by atoms with van der Waals surface area (Å²) in [6.45, 7) is 5.67. The highest BCUT2D eigenvalue weighted by Crippen LogP contribution is 2.22. The molecule has 0 saturated heterocycles. The third-order valence-electron chi connectivity index (χ3n) is 2.92. The van der Waals surface area contributed by atoms with Gasteiger partial charge in [0.1, 0.15) is 0 Å². The van der Waals surface area contributed by atoms with Gasteiger partial charge in [0, 0.05) is 31.9 Å². The molecule has 1 N–H and O–H groups in total. The van der Waals surface area contributed by atoms with E-state index in [2.05, 4.69) is 40.6 Å². The Morgan fingerprint density at radius 2 is 2.31 bits per heavy atom. The van der Waals surface area contributed by atoms with E-state index in [4.69, 9.17) is 5.26 Å². The van der Waals surface area contributed by atoms with Gasteiger partial charge in [-0.25, -0.2) is 0 Å². The zero-order valence-electron chi connectivity index (χ0n) is 9.61. The second-order valence-electron chi connectivity index (χ2n) is 4.28. The Kier molecular flexibility index (Phi) is 3.43. The summed E-state index contributed by atoms with van der Waals surface area (Å²) in [5.74, 6) is 0.0751. The van der Waals surface area contributed by atoms with Gasteiger partial charge in [-0.05, 0) is 18.6 Å². The number of fused-ring (bicyclic) bond motifs is 1. The number of anilines is 1. The molecule has 16 heavy (non-hydrogen) atoms. The lowest BCUT2D eigenvalue weighted by molar-refractivity contribution is 0.646. The van der Waals surface area contributed by atoms with Crippen LogP contribution in [0.15, 0.2) is 24.3 Å². The number of benzene rings is 1. The molecule has 1 aliphatic rings. The summed E-state index contributed by atoms with van der Waals surface area (Å²) >= 11 is 0. The van der Waals surface area contributed by atoms with Crippen LogP contribution in [-0.4, -0.2) is 19.6 Å². The lowest BCUT2D eigenvalue weighted by atomic mass is 10.1. The minimum absolute atomic E-state index is 0.0751. The maximum absolute atomic E-state index is 8.89. The SMILES string of the molecule is CC(C#N)CN1CCNCc2ccccc21. The summed E-state index contributed by atoms with van der Waals surface area (Å²) in [7, 11) is 0. The third-order valence-corrected chi connectivity index (χ3v) is 2.92. The minimum atomic E-state index is 0.0751. The summed E-state index contributed by atoms with van der Waals surface area (Å²) in [6, 6.07) is 10.7. The minimum Gasteiger partial charge on any atom is -0.369 e. The van der Waals surface area contributed by atoms with Gasteiger partial charge in [-0.1, -0.05) is 18.2 Å². The topological polar surface area (TPSA) is 39.1 Å². The molecule has 0 radical (unpaired) electrons. The molecule has 0 fully saturated rings. The molecule has 1 heterocycles. The first kappa shape index (κ1) is 11.0. The van der Waals surface area contributed by atoms with Crippen molar-refractivity contribution in [2.75, 3.05) is 24.5 Å². The van der Waals surface area contributed by atoms with Crippen LogP contribution in [0.4, 0.5) is 5.69 Å². The second-order valence-corrected chi connectivity index (χ2v) is 4.28. The van der Waals surface area contributed by atoms with Gasteiger partial charge in [0.25, 0.3) is 0 Å². The number of nitrogens with zero attached hydrogens (tertiary/aromatic N) is 2. The molecule has 1 unspecified atom stereocenters. The quantitative estimate of drug-likeness (QED) is 0.817. The average Bonchev–Trinajstić information content (AvgIpc) is 2.52. The maximum Gasteiger partial charge on any atom is 0.0671 e. The van der Waals surface area contributed by atoms with Crippen LogP contribution in [0.3, 0.4) is 0 Å². The van der Waals surface area contributed by atoms with Crippen LogP contribution in [0.5, 0.6) is 0 Å². The Hall–Kier alpha value is -1.53. The number of rotatable bonds is 2. The van der Waals surface area contributed by atoms with Crippen LogP contribution >= 0.6 is 0 Å². The van der Waals surface area contributed by atoms with E-state index in [9.17, 15) is 0 Å².